The average molecular weight is 621 g/mol. The summed E-state index contributed by atoms with van der Waals surface area (Å²) in [6.07, 6.45) is 7.28. The molecule has 1 aromatic heterocycles. The fourth-order valence-corrected chi connectivity index (χ4v) is 7.16. The number of aromatic nitrogens is 1. The van der Waals surface area contributed by atoms with Crippen LogP contribution in [-0.2, 0) is 28.9 Å². The Morgan fingerprint density at radius 3 is 2.55 bits per heavy atom. The SMILES string of the molecule is COc1cc2c(c(OC)c1OC)-c1ccc(NCCCCCC(=O)Nc3nc4c(s3)CCC4)c(=O)cc1[C@@H](NC(C)=O)CC2. The van der Waals surface area contributed by atoms with Crippen LogP contribution in [0.1, 0.15) is 73.2 Å². The zero-order valence-corrected chi connectivity index (χ0v) is 26.6. The van der Waals surface area contributed by atoms with E-state index in [1.54, 1.807) is 44.8 Å². The molecule has 2 aliphatic rings. The first-order valence-electron chi connectivity index (χ1n) is 15.1. The fourth-order valence-electron chi connectivity index (χ4n) is 6.09. The molecule has 0 radical (unpaired) electrons. The van der Waals surface area contributed by atoms with Gasteiger partial charge in [0.2, 0.25) is 23.0 Å². The van der Waals surface area contributed by atoms with Gasteiger partial charge in [0.05, 0.1) is 38.8 Å². The summed E-state index contributed by atoms with van der Waals surface area (Å²) in [5.74, 6) is 1.35. The van der Waals surface area contributed by atoms with E-state index in [1.807, 2.05) is 12.1 Å². The van der Waals surface area contributed by atoms with Crippen LogP contribution in [0.25, 0.3) is 11.1 Å². The third-order valence-electron chi connectivity index (χ3n) is 8.15. The van der Waals surface area contributed by atoms with Gasteiger partial charge in [-0.3, -0.25) is 14.4 Å². The molecule has 1 atom stereocenters. The lowest BCUT2D eigenvalue weighted by Crippen LogP contribution is -2.26. The normalized spacial score (nSPS) is 14.9. The van der Waals surface area contributed by atoms with E-state index in [1.165, 1.54) is 11.8 Å². The molecule has 44 heavy (non-hydrogen) atoms. The summed E-state index contributed by atoms with van der Waals surface area (Å²) in [5.41, 5.74) is 4.73. The van der Waals surface area contributed by atoms with Gasteiger partial charge in [0.1, 0.15) is 0 Å². The zero-order chi connectivity index (χ0) is 31.2. The largest absolute Gasteiger partial charge is 0.493 e. The molecule has 2 aliphatic carbocycles. The predicted molar refractivity (Wildman–Crippen MR) is 172 cm³/mol. The van der Waals surface area contributed by atoms with E-state index in [2.05, 4.69) is 20.9 Å². The van der Waals surface area contributed by atoms with Crippen LogP contribution in [0, 0.1) is 0 Å². The highest BCUT2D eigenvalue weighted by molar-refractivity contribution is 7.15. The smallest absolute Gasteiger partial charge is 0.226 e. The number of unbranched alkanes of at least 4 members (excludes halogenated alkanes) is 2. The van der Waals surface area contributed by atoms with Crippen molar-refractivity contribution in [3.8, 4) is 28.4 Å². The highest BCUT2D eigenvalue weighted by atomic mass is 32.1. The third-order valence-corrected chi connectivity index (χ3v) is 9.23. The molecule has 5 rings (SSSR count). The molecule has 0 fully saturated rings. The van der Waals surface area contributed by atoms with E-state index < -0.39 is 0 Å². The number of nitrogens with one attached hydrogen (secondary N) is 3. The van der Waals surface area contributed by atoms with E-state index in [4.69, 9.17) is 14.2 Å². The fraction of sp³-hybridized carbons (Fsp3) is 0.455. The van der Waals surface area contributed by atoms with Crippen LogP contribution >= 0.6 is 11.3 Å². The van der Waals surface area contributed by atoms with E-state index in [9.17, 15) is 14.4 Å². The molecule has 0 spiro atoms. The Hall–Kier alpha value is -4.12. The maximum absolute atomic E-state index is 13.5. The number of ether oxygens (including phenoxy) is 3. The van der Waals surface area contributed by atoms with Crippen molar-refractivity contribution in [3.05, 3.63) is 56.2 Å². The maximum Gasteiger partial charge on any atom is 0.226 e. The first-order chi connectivity index (χ1) is 21.3. The van der Waals surface area contributed by atoms with Crippen molar-refractivity contribution in [1.29, 1.82) is 0 Å². The lowest BCUT2D eigenvalue weighted by atomic mass is 9.95. The summed E-state index contributed by atoms with van der Waals surface area (Å²) in [4.78, 5) is 43.8. The zero-order valence-electron chi connectivity index (χ0n) is 25.8. The van der Waals surface area contributed by atoms with E-state index in [-0.39, 0.29) is 23.3 Å². The number of rotatable bonds is 12. The number of methoxy groups -OCH3 is 3. The van der Waals surface area contributed by atoms with Crippen LogP contribution in [0.4, 0.5) is 10.8 Å². The van der Waals surface area contributed by atoms with Crippen molar-refractivity contribution >= 4 is 34.0 Å². The Kier molecular flexibility index (Phi) is 10.0. The Balaban J connectivity index is 1.29. The molecule has 0 saturated heterocycles. The van der Waals surface area contributed by atoms with Crippen molar-refractivity contribution < 1.29 is 23.8 Å². The van der Waals surface area contributed by atoms with Crippen LogP contribution in [-0.4, -0.2) is 44.7 Å². The minimum absolute atomic E-state index is 0.0116. The van der Waals surface area contributed by atoms with Gasteiger partial charge in [-0.2, -0.15) is 0 Å². The maximum atomic E-state index is 13.5. The Morgan fingerprint density at radius 1 is 1.00 bits per heavy atom. The molecule has 3 N–H and O–H groups in total. The lowest BCUT2D eigenvalue weighted by Gasteiger charge is -2.19. The number of anilines is 2. The molecule has 234 valence electrons. The second-order valence-corrected chi connectivity index (χ2v) is 12.2. The highest BCUT2D eigenvalue weighted by Gasteiger charge is 2.29. The standard InChI is InChI=1S/C33H40N4O6S/c1-19(38)35-23-14-12-20-17-27(41-2)31(42-3)32(43-4)30(20)21-13-15-24(26(39)18-22(21)23)34-16-7-5-6-11-29(40)37-33-36-25-9-8-10-28(25)44-33/h13,15,17-18,23H,5-12,14,16H2,1-4H3,(H,34,39)(H,35,38)(H,36,37,40)/t23-/m0/s1. The number of benzene rings is 1. The summed E-state index contributed by atoms with van der Waals surface area (Å²) in [6, 6.07) is 6.88. The van der Waals surface area contributed by atoms with Crippen molar-refractivity contribution in [1.82, 2.24) is 10.3 Å². The van der Waals surface area contributed by atoms with Gasteiger partial charge >= 0.3 is 0 Å². The molecule has 0 saturated carbocycles. The first-order valence-corrected chi connectivity index (χ1v) is 15.9. The van der Waals surface area contributed by atoms with Crippen molar-refractivity contribution in [2.75, 3.05) is 38.5 Å². The van der Waals surface area contributed by atoms with Crippen LogP contribution in [0.15, 0.2) is 29.1 Å². The summed E-state index contributed by atoms with van der Waals surface area (Å²) in [5, 5.41) is 9.96. The van der Waals surface area contributed by atoms with Gasteiger partial charge in [-0.1, -0.05) is 12.5 Å². The number of thiazole rings is 1. The average Bonchev–Trinajstić information content (AvgIpc) is 3.51. The van der Waals surface area contributed by atoms with Crippen molar-refractivity contribution in [2.45, 2.75) is 70.8 Å². The van der Waals surface area contributed by atoms with Crippen molar-refractivity contribution in [3.63, 3.8) is 0 Å². The molecule has 11 heteroatoms. The highest BCUT2D eigenvalue weighted by Crippen LogP contribution is 2.50. The molecule has 2 aromatic carbocycles. The predicted octanol–water partition coefficient (Wildman–Crippen LogP) is 5.42. The number of amides is 2. The third kappa shape index (κ3) is 6.83. The van der Waals surface area contributed by atoms with Crippen LogP contribution in [0.3, 0.4) is 0 Å². The summed E-state index contributed by atoms with van der Waals surface area (Å²) in [7, 11) is 4.72. The van der Waals surface area contributed by atoms with Gasteiger partial charge in [-0.15, -0.1) is 11.3 Å². The summed E-state index contributed by atoms with van der Waals surface area (Å²) >= 11 is 1.59. The van der Waals surface area contributed by atoms with Crippen molar-refractivity contribution in [2.24, 2.45) is 0 Å². The molecule has 0 bridgehead atoms. The van der Waals surface area contributed by atoms with E-state index in [0.717, 1.165) is 66.5 Å². The number of hydrogen-bond donors (Lipinski definition) is 3. The molecular weight excluding hydrogens is 580 g/mol. The number of fused-ring (bicyclic) bond motifs is 4. The van der Waals surface area contributed by atoms with Crippen LogP contribution < -0.4 is 35.6 Å². The minimum Gasteiger partial charge on any atom is -0.493 e. The number of aryl methyl sites for hydroxylation is 3. The van der Waals surface area contributed by atoms with Gasteiger partial charge in [0, 0.05) is 30.3 Å². The lowest BCUT2D eigenvalue weighted by molar-refractivity contribution is -0.119. The molecule has 3 aromatic rings. The van der Waals surface area contributed by atoms with Crippen LogP contribution in [0.5, 0.6) is 17.2 Å². The molecule has 2 amide bonds. The van der Waals surface area contributed by atoms with Crippen LogP contribution in [0.2, 0.25) is 0 Å². The Morgan fingerprint density at radius 2 is 1.82 bits per heavy atom. The first kappa shape index (κ1) is 31.3. The number of hydrogen-bond acceptors (Lipinski definition) is 9. The van der Waals surface area contributed by atoms with Gasteiger partial charge in [-0.25, -0.2) is 4.98 Å². The monoisotopic (exact) mass is 620 g/mol. The molecule has 0 unspecified atom stereocenters. The molecular formula is C33H40N4O6S. The topological polar surface area (TPSA) is 128 Å². The summed E-state index contributed by atoms with van der Waals surface area (Å²) in [6.45, 7) is 2.07. The number of nitrogens with zero attached hydrogens (tertiary/aromatic N) is 1. The molecule has 1 heterocycles. The van der Waals surface area contributed by atoms with Gasteiger partial charge in [0.25, 0.3) is 0 Å². The molecule has 10 nitrogen and oxygen atoms in total. The number of carbonyl (C=O) groups excluding carboxylic acids is 2. The van der Waals surface area contributed by atoms with Gasteiger partial charge in [0.15, 0.2) is 16.6 Å². The second kappa shape index (κ2) is 14.1. The van der Waals surface area contributed by atoms with E-state index in [0.29, 0.717) is 53.9 Å². The number of carbonyl (C=O) groups is 2. The quantitative estimate of drug-likeness (QED) is 0.229. The minimum atomic E-state index is -0.360. The van der Waals surface area contributed by atoms with Gasteiger partial charge in [-0.05, 0) is 79.8 Å². The Bertz CT molecular complexity index is 1580. The second-order valence-electron chi connectivity index (χ2n) is 11.1. The molecule has 0 aliphatic heterocycles. The van der Waals surface area contributed by atoms with E-state index >= 15 is 0 Å². The Labute approximate surface area is 261 Å². The summed E-state index contributed by atoms with van der Waals surface area (Å²) < 4.78 is 17.1. The van der Waals surface area contributed by atoms with Gasteiger partial charge < -0.3 is 30.2 Å².